The minimum Gasteiger partial charge on any atom is -0.493 e. The fourth-order valence-corrected chi connectivity index (χ4v) is 3.37. The van der Waals surface area contributed by atoms with Gasteiger partial charge in [-0.1, -0.05) is 30.3 Å². The number of benzene rings is 2. The van der Waals surface area contributed by atoms with Crippen molar-refractivity contribution in [3.63, 3.8) is 0 Å². The van der Waals surface area contributed by atoms with Crippen LogP contribution in [0.15, 0.2) is 48.7 Å². The Bertz CT molecular complexity index is 914. The van der Waals surface area contributed by atoms with Crippen LogP contribution in [0.25, 0.3) is 10.9 Å². The van der Waals surface area contributed by atoms with Crippen LogP contribution in [0.4, 0.5) is 0 Å². The molecule has 1 aromatic heterocycles. The molecule has 4 heteroatoms. The Balaban J connectivity index is 1.27. The SMILES string of the molecule is Cc1ccc(C)c(OCCCCC(=O)NCCCc2c[nH]c3ccccc23)c1. The second kappa shape index (κ2) is 9.98. The zero-order chi connectivity index (χ0) is 19.8. The van der Waals surface area contributed by atoms with Gasteiger partial charge >= 0.3 is 0 Å². The summed E-state index contributed by atoms with van der Waals surface area (Å²) in [5.41, 5.74) is 4.84. The number of fused-ring (bicyclic) bond motifs is 1. The van der Waals surface area contributed by atoms with Gasteiger partial charge in [0.15, 0.2) is 0 Å². The Morgan fingerprint density at radius 3 is 2.82 bits per heavy atom. The number of aryl methyl sites for hydroxylation is 3. The van der Waals surface area contributed by atoms with Crippen LogP contribution in [-0.2, 0) is 11.2 Å². The van der Waals surface area contributed by atoms with Gasteiger partial charge in [0.1, 0.15) is 5.75 Å². The first-order chi connectivity index (χ1) is 13.6. The fraction of sp³-hybridized carbons (Fsp3) is 0.375. The lowest BCUT2D eigenvalue weighted by Crippen LogP contribution is -2.24. The third kappa shape index (κ3) is 5.62. The molecule has 1 amide bonds. The molecule has 0 saturated carbocycles. The number of nitrogens with one attached hydrogen (secondary N) is 2. The van der Waals surface area contributed by atoms with Gasteiger partial charge in [-0.15, -0.1) is 0 Å². The van der Waals surface area contributed by atoms with E-state index in [9.17, 15) is 4.79 Å². The Kier molecular flexibility index (Phi) is 7.12. The van der Waals surface area contributed by atoms with Crippen molar-refractivity contribution in [2.75, 3.05) is 13.2 Å². The highest BCUT2D eigenvalue weighted by atomic mass is 16.5. The van der Waals surface area contributed by atoms with Crippen molar-refractivity contribution < 1.29 is 9.53 Å². The van der Waals surface area contributed by atoms with E-state index >= 15 is 0 Å². The van der Waals surface area contributed by atoms with Crippen LogP contribution in [0.5, 0.6) is 5.75 Å². The van der Waals surface area contributed by atoms with Crippen LogP contribution in [-0.4, -0.2) is 24.0 Å². The number of para-hydroxylation sites is 1. The van der Waals surface area contributed by atoms with Crippen molar-refractivity contribution in [1.29, 1.82) is 0 Å². The van der Waals surface area contributed by atoms with Crippen molar-refractivity contribution in [3.05, 3.63) is 65.4 Å². The molecule has 0 aliphatic rings. The van der Waals surface area contributed by atoms with Gasteiger partial charge in [0, 0.05) is 30.1 Å². The van der Waals surface area contributed by atoms with Gasteiger partial charge in [-0.05, 0) is 68.4 Å². The second-order valence-electron chi connectivity index (χ2n) is 7.39. The maximum atomic E-state index is 12.0. The molecular weight excluding hydrogens is 348 g/mol. The number of unbranched alkanes of at least 4 members (excludes halogenated alkanes) is 1. The van der Waals surface area contributed by atoms with Crippen molar-refractivity contribution in [1.82, 2.24) is 10.3 Å². The molecule has 0 saturated heterocycles. The molecule has 4 nitrogen and oxygen atoms in total. The van der Waals surface area contributed by atoms with Crippen LogP contribution in [0.2, 0.25) is 0 Å². The molecule has 28 heavy (non-hydrogen) atoms. The van der Waals surface area contributed by atoms with Gasteiger partial charge in [0.05, 0.1) is 6.61 Å². The topological polar surface area (TPSA) is 54.1 Å². The van der Waals surface area contributed by atoms with Crippen molar-refractivity contribution in [2.45, 2.75) is 46.0 Å². The number of amides is 1. The lowest BCUT2D eigenvalue weighted by atomic mass is 10.1. The van der Waals surface area contributed by atoms with Crippen molar-refractivity contribution >= 4 is 16.8 Å². The van der Waals surface area contributed by atoms with Crippen LogP contribution in [0.3, 0.4) is 0 Å². The fourth-order valence-electron chi connectivity index (χ4n) is 3.37. The normalized spacial score (nSPS) is 10.9. The van der Waals surface area contributed by atoms with Gasteiger partial charge < -0.3 is 15.0 Å². The molecule has 3 aromatic rings. The molecule has 0 unspecified atom stereocenters. The highest BCUT2D eigenvalue weighted by Gasteiger charge is 2.05. The first-order valence-electron chi connectivity index (χ1n) is 10.2. The highest BCUT2D eigenvalue weighted by molar-refractivity contribution is 5.83. The molecule has 0 radical (unpaired) electrons. The molecule has 0 aliphatic carbocycles. The maximum absolute atomic E-state index is 12.0. The van der Waals surface area contributed by atoms with E-state index in [0.717, 1.165) is 43.5 Å². The summed E-state index contributed by atoms with van der Waals surface area (Å²) in [6.45, 7) is 5.49. The summed E-state index contributed by atoms with van der Waals surface area (Å²) in [5, 5.41) is 4.30. The molecule has 0 aliphatic heterocycles. The molecule has 0 bridgehead atoms. The summed E-state index contributed by atoms with van der Waals surface area (Å²) in [6.07, 6.45) is 6.28. The number of aromatic amines is 1. The first kappa shape index (κ1) is 20.0. The number of hydrogen-bond donors (Lipinski definition) is 2. The average Bonchev–Trinajstić information content (AvgIpc) is 3.11. The van der Waals surface area contributed by atoms with Crippen LogP contribution < -0.4 is 10.1 Å². The molecule has 0 atom stereocenters. The second-order valence-corrected chi connectivity index (χ2v) is 7.39. The van der Waals surface area contributed by atoms with Gasteiger partial charge in [0.2, 0.25) is 5.91 Å². The van der Waals surface area contributed by atoms with E-state index in [1.807, 2.05) is 6.07 Å². The van der Waals surface area contributed by atoms with E-state index < -0.39 is 0 Å². The van der Waals surface area contributed by atoms with Gasteiger partial charge in [-0.25, -0.2) is 0 Å². The molecule has 2 aromatic carbocycles. The monoisotopic (exact) mass is 378 g/mol. The molecular formula is C24H30N2O2. The molecule has 148 valence electrons. The number of carbonyl (C=O) groups is 1. The van der Waals surface area contributed by atoms with E-state index in [2.05, 4.69) is 66.7 Å². The van der Waals surface area contributed by atoms with E-state index in [-0.39, 0.29) is 5.91 Å². The molecule has 3 rings (SSSR count). The van der Waals surface area contributed by atoms with Gasteiger partial charge in [-0.3, -0.25) is 4.79 Å². The van der Waals surface area contributed by atoms with Crippen LogP contribution >= 0.6 is 0 Å². The quantitative estimate of drug-likeness (QED) is 0.483. The van der Waals surface area contributed by atoms with Gasteiger partial charge in [-0.2, -0.15) is 0 Å². The number of H-pyrrole nitrogens is 1. The summed E-state index contributed by atoms with van der Waals surface area (Å²) in [7, 11) is 0. The van der Waals surface area contributed by atoms with Crippen molar-refractivity contribution in [3.8, 4) is 5.75 Å². The Labute approximate surface area is 167 Å². The highest BCUT2D eigenvalue weighted by Crippen LogP contribution is 2.20. The minimum atomic E-state index is 0.130. The summed E-state index contributed by atoms with van der Waals surface area (Å²) in [6, 6.07) is 14.6. The molecule has 0 spiro atoms. The Morgan fingerprint density at radius 1 is 1.07 bits per heavy atom. The van der Waals surface area contributed by atoms with Crippen LogP contribution in [0, 0.1) is 13.8 Å². The van der Waals surface area contributed by atoms with Crippen molar-refractivity contribution in [2.24, 2.45) is 0 Å². The molecule has 2 N–H and O–H groups in total. The summed E-state index contributed by atoms with van der Waals surface area (Å²) in [4.78, 5) is 15.3. The van der Waals surface area contributed by atoms with E-state index in [1.165, 1.54) is 22.0 Å². The summed E-state index contributed by atoms with van der Waals surface area (Å²) in [5.74, 6) is 1.08. The minimum absolute atomic E-state index is 0.130. The molecule has 0 fully saturated rings. The predicted molar refractivity (Wildman–Crippen MR) is 115 cm³/mol. The summed E-state index contributed by atoms with van der Waals surface area (Å²) >= 11 is 0. The third-order valence-corrected chi connectivity index (χ3v) is 5.02. The Hall–Kier alpha value is -2.75. The number of aromatic nitrogens is 1. The first-order valence-corrected chi connectivity index (χ1v) is 10.2. The Morgan fingerprint density at radius 2 is 1.93 bits per heavy atom. The average molecular weight is 379 g/mol. The number of ether oxygens (including phenoxy) is 1. The number of hydrogen-bond acceptors (Lipinski definition) is 2. The van der Waals surface area contributed by atoms with Crippen LogP contribution in [0.1, 0.15) is 42.4 Å². The largest absolute Gasteiger partial charge is 0.493 e. The lowest BCUT2D eigenvalue weighted by Gasteiger charge is -2.10. The zero-order valence-electron chi connectivity index (χ0n) is 16.9. The predicted octanol–water partition coefficient (Wildman–Crippen LogP) is 5.08. The lowest BCUT2D eigenvalue weighted by molar-refractivity contribution is -0.121. The van der Waals surface area contributed by atoms with E-state index in [0.29, 0.717) is 13.0 Å². The standard InChI is InChI=1S/C24H30N2O2/c1-18-12-13-19(2)23(16-18)28-15-6-5-11-24(27)25-14-7-8-20-17-26-22-10-4-3-9-21(20)22/h3-4,9-10,12-13,16-17,26H,5-8,11,14-15H2,1-2H3,(H,25,27). The maximum Gasteiger partial charge on any atom is 0.219 e. The number of rotatable bonds is 10. The zero-order valence-corrected chi connectivity index (χ0v) is 16.9. The van der Waals surface area contributed by atoms with Gasteiger partial charge in [0.25, 0.3) is 0 Å². The van der Waals surface area contributed by atoms with E-state index in [4.69, 9.17) is 4.74 Å². The number of carbonyl (C=O) groups excluding carboxylic acids is 1. The molecule has 1 heterocycles. The summed E-state index contributed by atoms with van der Waals surface area (Å²) < 4.78 is 5.84. The third-order valence-electron chi connectivity index (χ3n) is 5.02. The van der Waals surface area contributed by atoms with E-state index in [1.54, 1.807) is 0 Å². The smallest absolute Gasteiger partial charge is 0.219 e.